The Hall–Kier alpha value is -1.43. The van der Waals surface area contributed by atoms with E-state index in [9.17, 15) is 9.59 Å². The minimum absolute atomic E-state index is 0.0138. The molecule has 1 aliphatic carbocycles. The SMILES string of the molecule is O=C1CCN(Cc2cncc(Br)c2)C(=O)C2(CCCC2)N1. The first kappa shape index (κ1) is 14.5. The second-order valence-electron chi connectivity index (χ2n) is 5.83. The fourth-order valence-corrected chi connectivity index (χ4v) is 3.67. The van der Waals surface area contributed by atoms with E-state index in [-0.39, 0.29) is 11.8 Å². The van der Waals surface area contributed by atoms with Crippen LogP contribution in [0.2, 0.25) is 0 Å². The number of hydrogen-bond donors (Lipinski definition) is 1. The number of carbonyl (C=O) groups excluding carboxylic acids is 2. The average molecular weight is 352 g/mol. The molecule has 5 nitrogen and oxygen atoms in total. The van der Waals surface area contributed by atoms with Crippen LogP contribution in [0.5, 0.6) is 0 Å². The maximum Gasteiger partial charge on any atom is 0.248 e. The van der Waals surface area contributed by atoms with Crippen molar-refractivity contribution in [3.8, 4) is 0 Å². The first-order valence-corrected chi connectivity index (χ1v) is 8.08. The van der Waals surface area contributed by atoms with Crippen molar-refractivity contribution < 1.29 is 9.59 Å². The van der Waals surface area contributed by atoms with Crippen LogP contribution in [0.15, 0.2) is 22.9 Å². The molecular weight excluding hydrogens is 334 g/mol. The molecule has 1 aromatic rings. The molecule has 2 aliphatic rings. The maximum atomic E-state index is 12.9. The zero-order valence-corrected chi connectivity index (χ0v) is 13.4. The fraction of sp³-hybridized carbons (Fsp3) is 0.533. The van der Waals surface area contributed by atoms with Gasteiger partial charge in [0.1, 0.15) is 5.54 Å². The number of nitrogens with one attached hydrogen (secondary N) is 1. The molecule has 0 atom stereocenters. The molecule has 6 heteroatoms. The van der Waals surface area contributed by atoms with Crippen LogP contribution in [0.25, 0.3) is 0 Å². The summed E-state index contributed by atoms with van der Waals surface area (Å²) in [5.41, 5.74) is 0.313. The van der Waals surface area contributed by atoms with Crippen LogP contribution in [0, 0.1) is 0 Å². The van der Waals surface area contributed by atoms with E-state index in [1.54, 1.807) is 17.3 Å². The van der Waals surface area contributed by atoms with Crippen LogP contribution in [0.4, 0.5) is 0 Å². The van der Waals surface area contributed by atoms with Gasteiger partial charge in [0.15, 0.2) is 0 Å². The first-order valence-electron chi connectivity index (χ1n) is 7.29. The van der Waals surface area contributed by atoms with Gasteiger partial charge in [0.25, 0.3) is 0 Å². The van der Waals surface area contributed by atoms with Gasteiger partial charge < -0.3 is 10.2 Å². The quantitative estimate of drug-likeness (QED) is 0.886. The van der Waals surface area contributed by atoms with Crippen molar-refractivity contribution in [3.05, 3.63) is 28.5 Å². The molecule has 1 saturated carbocycles. The van der Waals surface area contributed by atoms with Gasteiger partial charge in [-0.2, -0.15) is 0 Å². The third-order valence-electron chi connectivity index (χ3n) is 4.28. The van der Waals surface area contributed by atoms with E-state index in [0.29, 0.717) is 19.5 Å². The third-order valence-corrected chi connectivity index (χ3v) is 4.71. The minimum Gasteiger partial charge on any atom is -0.342 e. The van der Waals surface area contributed by atoms with Crippen LogP contribution in [-0.4, -0.2) is 33.8 Å². The molecule has 0 unspecified atom stereocenters. The van der Waals surface area contributed by atoms with E-state index in [4.69, 9.17) is 0 Å². The summed E-state index contributed by atoms with van der Waals surface area (Å²) in [5, 5.41) is 2.98. The van der Waals surface area contributed by atoms with Crippen LogP contribution >= 0.6 is 15.9 Å². The average Bonchev–Trinajstić information content (AvgIpc) is 2.88. The second-order valence-corrected chi connectivity index (χ2v) is 6.74. The number of amides is 2. The van der Waals surface area contributed by atoms with Crippen molar-refractivity contribution in [2.75, 3.05) is 6.54 Å². The van der Waals surface area contributed by atoms with Gasteiger partial charge in [-0.1, -0.05) is 12.8 Å². The van der Waals surface area contributed by atoms with Crippen molar-refractivity contribution in [1.82, 2.24) is 15.2 Å². The monoisotopic (exact) mass is 351 g/mol. The Labute approximate surface area is 132 Å². The summed E-state index contributed by atoms with van der Waals surface area (Å²) < 4.78 is 0.895. The molecule has 1 spiro atoms. The molecule has 1 N–H and O–H groups in total. The molecule has 1 saturated heterocycles. The molecular formula is C15H18BrN3O2. The summed E-state index contributed by atoms with van der Waals surface area (Å²) in [6.45, 7) is 0.973. The lowest BCUT2D eigenvalue weighted by Crippen LogP contribution is -2.55. The molecule has 1 aliphatic heterocycles. The summed E-state index contributed by atoms with van der Waals surface area (Å²) in [6, 6.07) is 1.96. The fourth-order valence-electron chi connectivity index (χ4n) is 3.25. The molecule has 0 radical (unpaired) electrons. The maximum absolute atomic E-state index is 12.9. The van der Waals surface area contributed by atoms with Crippen molar-refractivity contribution in [2.24, 2.45) is 0 Å². The van der Waals surface area contributed by atoms with Crippen LogP contribution in [-0.2, 0) is 16.1 Å². The Morgan fingerprint density at radius 2 is 2.05 bits per heavy atom. The van der Waals surface area contributed by atoms with E-state index >= 15 is 0 Å². The highest BCUT2D eigenvalue weighted by Gasteiger charge is 2.46. The largest absolute Gasteiger partial charge is 0.342 e. The highest BCUT2D eigenvalue weighted by molar-refractivity contribution is 9.10. The van der Waals surface area contributed by atoms with Crippen molar-refractivity contribution in [2.45, 2.75) is 44.2 Å². The Morgan fingerprint density at radius 1 is 1.29 bits per heavy atom. The molecule has 0 aromatic carbocycles. The molecule has 3 rings (SSSR count). The Bertz CT molecular complexity index is 570. The number of rotatable bonds is 2. The van der Waals surface area contributed by atoms with Crippen LogP contribution in [0.1, 0.15) is 37.7 Å². The summed E-state index contributed by atoms with van der Waals surface area (Å²) >= 11 is 3.39. The summed E-state index contributed by atoms with van der Waals surface area (Å²) in [7, 11) is 0. The van der Waals surface area contributed by atoms with Crippen molar-refractivity contribution in [1.29, 1.82) is 0 Å². The van der Waals surface area contributed by atoms with E-state index in [1.807, 2.05) is 6.07 Å². The highest BCUT2D eigenvalue weighted by atomic mass is 79.9. The zero-order valence-electron chi connectivity index (χ0n) is 11.8. The third kappa shape index (κ3) is 2.95. The smallest absolute Gasteiger partial charge is 0.248 e. The normalized spacial score (nSPS) is 21.5. The molecule has 112 valence electrons. The van der Waals surface area contributed by atoms with Gasteiger partial charge in [0, 0.05) is 36.4 Å². The standard InChI is InChI=1S/C15H18BrN3O2/c16-12-7-11(8-17-9-12)10-19-6-3-13(20)18-15(14(19)21)4-1-2-5-15/h7-9H,1-6,10H2,(H,18,20). The van der Waals surface area contributed by atoms with Crippen molar-refractivity contribution >= 4 is 27.7 Å². The highest BCUT2D eigenvalue weighted by Crippen LogP contribution is 2.33. The molecule has 21 heavy (non-hydrogen) atoms. The minimum atomic E-state index is -0.660. The summed E-state index contributed by atoms with van der Waals surface area (Å²) in [4.78, 5) is 30.7. The lowest BCUT2D eigenvalue weighted by Gasteiger charge is -2.31. The lowest BCUT2D eigenvalue weighted by molar-refractivity contribution is -0.139. The number of carbonyl (C=O) groups is 2. The van der Waals surface area contributed by atoms with Gasteiger partial charge in [0.05, 0.1) is 0 Å². The van der Waals surface area contributed by atoms with Gasteiger partial charge in [-0.3, -0.25) is 14.6 Å². The number of halogens is 1. The van der Waals surface area contributed by atoms with Gasteiger partial charge in [-0.15, -0.1) is 0 Å². The van der Waals surface area contributed by atoms with Gasteiger partial charge in [0.2, 0.25) is 11.8 Å². The topological polar surface area (TPSA) is 62.3 Å². The second kappa shape index (κ2) is 5.75. The van der Waals surface area contributed by atoms with Crippen LogP contribution < -0.4 is 5.32 Å². The van der Waals surface area contributed by atoms with E-state index in [0.717, 1.165) is 35.7 Å². The molecule has 2 fully saturated rings. The van der Waals surface area contributed by atoms with Crippen molar-refractivity contribution in [3.63, 3.8) is 0 Å². The number of aromatic nitrogens is 1. The number of nitrogens with zero attached hydrogens (tertiary/aromatic N) is 2. The zero-order chi connectivity index (χ0) is 14.9. The Balaban J connectivity index is 1.83. The van der Waals surface area contributed by atoms with Gasteiger partial charge >= 0.3 is 0 Å². The predicted octanol–water partition coefficient (Wildman–Crippen LogP) is 2.01. The Kier molecular flexibility index (Phi) is 3.97. The van der Waals surface area contributed by atoms with Gasteiger partial charge in [-0.25, -0.2) is 0 Å². The van der Waals surface area contributed by atoms with E-state index in [2.05, 4.69) is 26.2 Å². The summed E-state index contributed by atoms with van der Waals surface area (Å²) in [6.07, 6.45) is 7.36. The van der Waals surface area contributed by atoms with Gasteiger partial charge in [-0.05, 0) is 40.4 Å². The lowest BCUT2D eigenvalue weighted by atomic mass is 9.95. The number of pyridine rings is 1. The molecule has 0 bridgehead atoms. The first-order chi connectivity index (χ1) is 10.1. The van der Waals surface area contributed by atoms with E-state index in [1.165, 1.54) is 0 Å². The number of hydrogen-bond acceptors (Lipinski definition) is 3. The molecule has 1 aromatic heterocycles. The van der Waals surface area contributed by atoms with Crippen LogP contribution in [0.3, 0.4) is 0 Å². The molecule has 2 amide bonds. The molecule has 2 heterocycles. The summed E-state index contributed by atoms with van der Waals surface area (Å²) in [5.74, 6) is 0.0472. The van der Waals surface area contributed by atoms with E-state index < -0.39 is 5.54 Å². The predicted molar refractivity (Wildman–Crippen MR) is 81.3 cm³/mol. The Morgan fingerprint density at radius 3 is 2.76 bits per heavy atom.